The molecule has 6 nitrogen and oxygen atoms in total. The Morgan fingerprint density at radius 1 is 1.12 bits per heavy atom. The summed E-state index contributed by atoms with van der Waals surface area (Å²) < 4.78 is 16.6. The van der Waals surface area contributed by atoms with Gasteiger partial charge in [-0.05, 0) is 24.3 Å². The van der Waals surface area contributed by atoms with Gasteiger partial charge in [-0.25, -0.2) is 0 Å². The van der Waals surface area contributed by atoms with Crippen LogP contribution in [0.15, 0.2) is 63.6 Å². The molecular weight excluding hydrogens is 388 g/mol. The van der Waals surface area contributed by atoms with E-state index in [0.29, 0.717) is 11.6 Å². The lowest BCUT2D eigenvalue weighted by molar-refractivity contribution is -0.146. The third kappa shape index (κ3) is 5.15. The van der Waals surface area contributed by atoms with E-state index in [4.69, 9.17) is 14.0 Å². The normalized spacial score (nSPS) is 10.4. The van der Waals surface area contributed by atoms with Crippen LogP contribution in [0.2, 0.25) is 0 Å². The van der Waals surface area contributed by atoms with Crippen molar-refractivity contribution >= 4 is 21.9 Å². The number of para-hydroxylation sites is 1. The highest BCUT2D eigenvalue weighted by molar-refractivity contribution is 9.10. The first-order chi connectivity index (χ1) is 12.2. The van der Waals surface area contributed by atoms with Crippen LogP contribution in [0.4, 0.5) is 0 Å². The fourth-order valence-corrected chi connectivity index (χ4v) is 2.44. The van der Waals surface area contributed by atoms with E-state index in [1.807, 2.05) is 54.6 Å². The average Bonchev–Trinajstić information content (AvgIpc) is 3.10. The van der Waals surface area contributed by atoms with Crippen LogP contribution in [-0.4, -0.2) is 22.7 Å². The summed E-state index contributed by atoms with van der Waals surface area (Å²) in [5.74, 6) is 1.01. The van der Waals surface area contributed by atoms with Gasteiger partial charge in [0.2, 0.25) is 5.82 Å². The third-order valence-electron chi connectivity index (χ3n) is 3.23. The predicted molar refractivity (Wildman–Crippen MR) is 93.8 cm³/mol. The lowest BCUT2D eigenvalue weighted by Crippen LogP contribution is -2.10. The number of aromatic nitrogens is 2. The van der Waals surface area contributed by atoms with Gasteiger partial charge in [-0.1, -0.05) is 51.4 Å². The first-order valence-corrected chi connectivity index (χ1v) is 8.42. The predicted octanol–water partition coefficient (Wildman–Crippen LogP) is 4.01. The molecule has 128 valence electrons. The van der Waals surface area contributed by atoms with Gasteiger partial charge in [-0.15, -0.1) is 0 Å². The van der Waals surface area contributed by atoms with E-state index in [0.717, 1.165) is 10.0 Å². The molecule has 2 aromatic carbocycles. The van der Waals surface area contributed by atoms with Gasteiger partial charge >= 0.3 is 5.97 Å². The molecule has 0 spiro atoms. The molecule has 0 saturated carbocycles. The molecule has 0 radical (unpaired) electrons. The minimum absolute atomic E-state index is 0.0643. The van der Waals surface area contributed by atoms with Crippen molar-refractivity contribution in [2.75, 3.05) is 6.61 Å². The quantitative estimate of drug-likeness (QED) is 0.555. The van der Waals surface area contributed by atoms with E-state index >= 15 is 0 Å². The molecule has 1 aromatic heterocycles. The van der Waals surface area contributed by atoms with Crippen molar-refractivity contribution in [2.24, 2.45) is 0 Å². The molecule has 25 heavy (non-hydrogen) atoms. The second kappa shape index (κ2) is 8.43. The van der Waals surface area contributed by atoms with E-state index < -0.39 is 5.97 Å². The molecule has 0 aliphatic carbocycles. The number of hydrogen-bond acceptors (Lipinski definition) is 6. The lowest BCUT2D eigenvalue weighted by atomic mass is 10.2. The van der Waals surface area contributed by atoms with Crippen molar-refractivity contribution in [3.8, 4) is 17.1 Å². The summed E-state index contributed by atoms with van der Waals surface area (Å²) in [6, 6.07) is 16.8. The number of rotatable bonds is 7. The van der Waals surface area contributed by atoms with Crippen molar-refractivity contribution in [2.45, 2.75) is 13.0 Å². The number of carbonyl (C=O) groups excluding carboxylic acids is 1. The van der Waals surface area contributed by atoms with Gasteiger partial charge in [0.05, 0.1) is 13.0 Å². The number of nitrogens with zero attached hydrogens (tertiary/aromatic N) is 2. The van der Waals surface area contributed by atoms with E-state index in [-0.39, 0.29) is 25.5 Å². The van der Waals surface area contributed by atoms with E-state index in [1.54, 1.807) is 0 Å². The Labute approximate surface area is 152 Å². The number of ether oxygens (including phenoxy) is 2. The molecule has 7 heteroatoms. The molecule has 0 aliphatic heterocycles. The zero-order valence-corrected chi connectivity index (χ0v) is 14.8. The van der Waals surface area contributed by atoms with E-state index in [9.17, 15) is 4.79 Å². The summed E-state index contributed by atoms with van der Waals surface area (Å²) in [7, 11) is 0. The summed E-state index contributed by atoms with van der Waals surface area (Å²) in [6.07, 6.45) is 0.140. The molecule has 0 aliphatic rings. The number of benzene rings is 2. The molecule has 0 N–H and O–H groups in total. The largest absolute Gasteiger partial charge is 0.493 e. The molecule has 0 bridgehead atoms. The van der Waals surface area contributed by atoms with Crippen molar-refractivity contribution in [1.29, 1.82) is 0 Å². The maximum atomic E-state index is 11.7. The maximum absolute atomic E-state index is 11.7. The summed E-state index contributed by atoms with van der Waals surface area (Å²) in [6.45, 7) is 0.182. The van der Waals surface area contributed by atoms with Crippen molar-refractivity contribution in [3.05, 3.63) is 65.0 Å². The van der Waals surface area contributed by atoms with Gasteiger partial charge in [-0.2, -0.15) is 4.98 Å². The number of halogens is 1. The zero-order valence-electron chi connectivity index (χ0n) is 13.2. The monoisotopic (exact) mass is 402 g/mol. The fourth-order valence-electron chi connectivity index (χ4n) is 2.04. The zero-order chi connectivity index (χ0) is 17.5. The first kappa shape index (κ1) is 17.2. The van der Waals surface area contributed by atoms with Crippen LogP contribution in [-0.2, 0) is 16.1 Å². The molecule has 0 saturated heterocycles. The van der Waals surface area contributed by atoms with Gasteiger partial charge in [0.1, 0.15) is 5.75 Å². The molecule has 0 amide bonds. The summed E-state index contributed by atoms with van der Waals surface area (Å²) >= 11 is 3.39. The van der Waals surface area contributed by atoms with E-state index in [2.05, 4.69) is 26.1 Å². The Bertz CT molecular complexity index is 836. The van der Waals surface area contributed by atoms with Crippen LogP contribution in [0.5, 0.6) is 5.75 Å². The Morgan fingerprint density at radius 3 is 2.76 bits per heavy atom. The Hall–Kier alpha value is -2.67. The van der Waals surface area contributed by atoms with Gasteiger partial charge in [0.15, 0.2) is 6.61 Å². The van der Waals surface area contributed by atoms with Crippen molar-refractivity contribution in [1.82, 2.24) is 10.1 Å². The number of carbonyl (C=O) groups is 1. The van der Waals surface area contributed by atoms with Crippen LogP contribution >= 0.6 is 15.9 Å². The van der Waals surface area contributed by atoms with Crippen LogP contribution < -0.4 is 4.74 Å². The minimum Gasteiger partial charge on any atom is -0.493 e. The van der Waals surface area contributed by atoms with Crippen LogP contribution in [0, 0.1) is 0 Å². The first-order valence-electron chi connectivity index (χ1n) is 7.63. The molecule has 1 heterocycles. The molecule has 3 aromatic rings. The van der Waals surface area contributed by atoms with Crippen molar-refractivity contribution in [3.63, 3.8) is 0 Å². The van der Waals surface area contributed by atoms with Gasteiger partial charge in [0, 0.05) is 10.0 Å². The molecular formula is C18H15BrN2O4. The SMILES string of the molecule is O=C(CCOc1ccccc1)OCc1nc(-c2cccc(Br)c2)no1. The van der Waals surface area contributed by atoms with Crippen LogP contribution in [0.3, 0.4) is 0 Å². The van der Waals surface area contributed by atoms with Gasteiger partial charge < -0.3 is 14.0 Å². The van der Waals surface area contributed by atoms with E-state index in [1.165, 1.54) is 0 Å². The Morgan fingerprint density at radius 2 is 1.96 bits per heavy atom. The second-order valence-corrected chi connectivity index (χ2v) is 6.01. The Balaban J connectivity index is 1.45. The van der Waals surface area contributed by atoms with Gasteiger partial charge in [0.25, 0.3) is 5.89 Å². The molecule has 0 unspecified atom stereocenters. The topological polar surface area (TPSA) is 74.5 Å². The van der Waals surface area contributed by atoms with Crippen LogP contribution in [0.25, 0.3) is 11.4 Å². The van der Waals surface area contributed by atoms with Gasteiger partial charge in [-0.3, -0.25) is 4.79 Å². The number of esters is 1. The molecule has 0 atom stereocenters. The highest BCUT2D eigenvalue weighted by atomic mass is 79.9. The smallest absolute Gasteiger partial charge is 0.309 e. The molecule has 0 fully saturated rings. The fraction of sp³-hybridized carbons (Fsp3) is 0.167. The average molecular weight is 403 g/mol. The highest BCUT2D eigenvalue weighted by Gasteiger charge is 2.11. The van der Waals surface area contributed by atoms with Crippen LogP contribution in [0.1, 0.15) is 12.3 Å². The lowest BCUT2D eigenvalue weighted by Gasteiger charge is -2.05. The van der Waals surface area contributed by atoms with Crippen molar-refractivity contribution < 1.29 is 18.8 Å². The minimum atomic E-state index is -0.391. The standard InChI is InChI=1S/C18H15BrN2O4/c19-14-6-4-5-13(11-14)18-20-16(25-21-18)12-24-17(22)9-10-23-15-7-2-1-3-8-15/h1-8,11H,9-10,12H2. The molecule has 3 rings (SSSR count). The maximum Gasteiger partial charge on any atom is 0.309 e. The highest BCUT2D eigenvalue weighted by Crippen LogP contribution is 2.20. The summed E-state index contributed by atoms with van der Waals surface area (Å²) in [5, 5.41) is 3.88. The summed E-state index contributed by atoms with van der Waals surface area (Å²) in [5.41, 5.74) is 0.812. The second-order valence-electron chi connectivity index (χ2n) is 5.09. The Kier molecular flexibility index (Phi) is 5.79. The summed E-state index contributed by atoms with van der Waals surface area (Å²) in [4.78, 5) is 15.9. The number of hydrogen-bond donors (Lipinski definition) is 0. The third-order valence-corrected chi connectivity index (χ3v) is 3.72.